The van der Waals surface area contributed by atoms with Crippen LogP contribution in [0.2, 0.25) is 0 Å². The number of carbonyl (C=O) groups is 1. The van der Waals surface area contributed by atoms with Crippen LogP contribution in [0.3, 0.4) is 0 Å². The van der Waals surface area contributed by atoms with Crippen molar-refractivity contribution in [1.29, 1.82) is 0 Å². The Morgan fingerprint density at radius 2 is 2.44 bits per heavy atom. The minimum Gasteiger partial charge on any atom is -0.497 e. The van der Waals surface area contributed by atoms with E-state index in [-0.39, 0.29) is 11.9 Å². The van der Waals surface area contributed by atoms with Gasteiger partial charge < -0.3 is 14.8 Å². The zero-order valence-electron chi connectivity index (χ0n) is 9.80. The van der Waals surface area contributed by atoms with Gasteiger partial charge in [0, 0.05) is 5.56 Å². The third-order valence-corrected chi connectivity index (χ3v) is 3.72. The lowest BCUT2D eigenvalue weighted by Crippen LogP contribution is -2.21. The number of nitrogens with zero attached hydrogens (tertiary/aromatic N) is 1. The molecule has 1 N–H and O–H groups in total. The highest BCUT2D eigenvalue weighted by Gasteiger charge is 2.26. The quantitative estimate of drug-likeness (QED) is 0.876. The fourth-order valence-corrected chi connectivity index (χ4v) is 2.67. The summed E-state index contributed by atoms with van der Waals surface area (Å²) < 4.78 is 10.8. The lowest BCUT2D eigenvalue weighted by molar-refractivity contribution is -0.116. The highest BCUT2D eigenvalue weighted by atomic mass is 32.2. The average Bonchev–Trinajstić information content (AvgIpc) is 2.96. The number of hydrogen-bond donors (Lipinski definition) is 1. The predicted molar refractivity (Wildman–Crippen MR) is 69.3 cm³/mol. The van der Waals surface area contributed by atoms with Crippen molar-refractivity contribution in [2.75, 3.05) is 19.5 Å². The molecule has 94 valence electrons. The second kappa shape index (κ2) is 4.53. The van der Waals surface area contributed by atoms with Gasteiger partial charge >= 0.3 is 0 Å². The predicted octanol–water partition coefficient (Wildman–Crippen LogP) is 1.35. The monoisotopic (exact) mass is 264 g/mol. The van der Waals surface area contributed by atoms with Gasteiger partial charge in [0.15, 0.2) is 5.17 Å². The normalized spacial score (nSPS) is 23.7. The number of carbonyl (C=O) groups excluding carboxylic acids is 1. The number of nitrogens with one attached hydrogen (secondary N) is 1. The van der Waals surface area contributed by atoms with Crippen LogP contribution in [0.1, 0.15) is 11.6 Å². The third-order valence-electron chi connectivity index (χ3n) is 2.83. The molecule has 0 spiro atoms. The summed E-state index contributed by atoms with van der Waals surface area (Å²) in [5.41, 5.74) is 1.00. The summed E-state index contributed by atoms with van der Waals surface area (Å²) in [6.45, 7) is 0.502. The van der Waals surface area contributed by atoms with E-state index in [0.717, 1.165) is 17.1 Å². The van der Waals surface area contributed by atoms with Gasteiger partial charge in [0.2, 0.25) is 5.91 Å². The molecule has 1 fully saturated rings. The van der Waals surface area contributed by atoms with Gasteiger partial charge in [0.25, 0.3) is 0 Å². The Kier molecular flexibility index (Phi) is 2.87. The largest absolute Gasteiger partial charge is 0.497 e. The van der Waals surface area contributed by atoms with Crippen LogP contribution in [0, 0.1) is 0 Å². The molecule has 0 aromatic heterocycles. The van der Waals surface area contributed by atoms with Crippen molar-refractivity contribution in [3.8, 4) is 11.5 Å². The molecule has 2 aliphatic rings. The summed E-state index contributed by atoms with van der Waals surface area (Å²) in [4.78, 5) is 15.6. The van der Waals surface area contributed by atoms with E-state index in [9.17, 15) is 4.79 Å². The molecule has 1 aromatic carbocycles. The summed E-state index contributed by atoms with van der Waals surface area (Å²) in [6.07, 6.45) is 0. The number of aliphatic imine (C=N–C) groups is 1. The van der Waals surface area contributed by atoms with Crippen LogP contribution in [0.25, 0.3) is 0 Å². The first-order chi connectivity index (χ1) is 8.76. The van der Waals surface area contributed by atoms with Crippen molar-refractivity contribution in [3.63, 3.8) is 0 Å². The SMILES string of the molecule is COc1ccc2c(c1)[C@H](N=C1NC(=O)CS1)CO2. The minimum atomic E-state index is -0.0731. The van der Waals surface area contributed by atoms with Crippen LogP contribution in [0.4, 0.5) is 0 Å². The molecular weight excluding hydrogens is 252 g/mol. The van der Waals surface area contributed by atoms with Crippen LogP contribution < -0.4 is 14.8 Å². The van der Waals surface area contributed by atoms with Crippen molar-refractivity contribution in [2.45, 2.75) is 6.04 Å². The van der Waals surface area contributed by atoms with Gasteiger partial charge in [-0.25, -0.2) is 0 Å². The molecule has 0 radical (unpaired) electrons. The first kappa shape index (κ1) is 11.4. The summed E-state index contributed by atoms with van der Waals surface area (Å²) in [6, 6.07) is 5.60. The van der Waals surface area contributed by atoms with Gasteiger partial charge in [-0.05, 0) is 18.2 Å². The smallest absolute Gasteiger partial charge is 0.236 e. The number of benzene rings is 1. The van der Waals surface area contributed by atoms with Crippen LogP contribution >= 0.6 is 11.8 Å². The molecule has 0 unspecified atom stereocenters. The molecule has 2 heterocycles. The number of thioether (sulfide) groups is 1. The van der Waals surface area contributed by atoms with Gasteiger partial charge in [0.1, 0.15) is 24.1 Å². The molecule has 1 aromatic rings. The summed E-state index contributed by atoms with van der Waals surface area (Å²) in [7, 11) is 1.63. The maximum atomic E-state index is 11.1. The molecule has 18 heavy (non-hydrogen) atoms. The van der Waals surface area contributed by atoms with E-state index in [4.69, 9.17) is 9.47 Å². The number of amides is 1. The Hall–Kier alpha value is -1.69. The van der Waals surface area contributed by atoms with E-state index in [0.29, 0.717) is 17.5 Å². The molecule has 0 bridgehead atoms. The zero-order chi connectivity index (χ0) is 12.5. The fraction of sp³-hybridized carbons (Fsp3) is 0.333. The first-order valence-corrected chi connectivity index (χ1v) is 6.56. The maximum absolute atomic E-state index is 11.1. The molecule has 1 saturated heterocycles. The lowest BCUT2D eigenvalue weighted by Gasteiger charge is -2.06. The van der Waals surface area contributed by atoms with Crippen LogP contribution in [-0.4, -0.2) is 30.5 Å². The Bertz CT molecular complexity index is 530. The summed E-state index contributed by atoms with van der Waals surface area (Å²) in [5.74, 6) is 2.06. The van der Waals surface area contributed by atoms with Gasteiger partial charge in [-0.2, -0.15) is 0 Å². The Morgan fingerprint density at radius 1 is 1.56 bits per heavy atom. The Balaban J connectivity index is 1.87. The molecule has 2 aliphatic heterocycles. The highest BCUT2D eigenvalue weighted by molar-refractivity contribution is 8.15. The van der Waals surface area contributed by atoms with E-state index < -0.39 is 0 Å². The molecule has 0 aliphatic carbocycles. The standard InChI is InChI=1S/C12H12N2O3S/c1-16-7-2-3-10-8(4-7)9(5-17-10)13-12-14-11(15)6-18-12/h2-4,9H,5-6H2,1H3,(H,13,14,15)/t9-/m1/s1. The van der Waals surface area contributed by atoms with E-state index in [1.54, 1.807) is 7.11 Å². The van der Waals surface area contributed by atoms with E-state index >= 15 is 0 Å². The van der Waals surface area contributed by atoms with Gasteiger partial charge in [-0.3, -0.25) is 9.79 Å². The number of rotatable bonds is 2. The number of amidine groups is 1. The fourth-order valence-electron chi connectivity index (χ4n) is 1.95. The minimum absolute atomic E-state index is 0.00327. The average molecular weight is 264 g/mol. The molecular formula is C12H12N2O3S. The van der Waals surface area contributed by atoms with E-state index in [1.165, 1.54) is 11.8 Å². The summed E-state index contributed by atoms with van der Waals surface area (Å²) >= 11 is 1.42. The second-order valence-electron chi connectivity index (χ2n) is 4.00. The number of fused-ring (bicyclic) bond motifs is 1. The second-order valence-corrected chi connectivity index (χ2v) is 4.97. The van der Waals surface area contributed by atoms with E-state index in [2.05, 4.69) is 10.3 Å². The summed E-state index contributed by atoms with van der Waals surface area (Å²) in [5, 5.41) is 3.40. The Morgan fingerprint density at radius 3 is 3.17 bits per heavy atom. The number of methoxy groups -OCH3 is 1. The molecule has 6 heteroatoms. The number of hydrogen-bond acceptors (Lipinski definition) is 5. The van der Waals surface area contributed by atoms with Gasteiger partial charge in [-0.1, -0.05) is 11.8 Å². The maximum Gasteiger partial charge on any atom is 0.236 e. The van der Waals surface area contributed by atoms with Crippen LogP contribution in [0.15, 0.2) is 23.2 Å². The van der Waals surface area contributed by atoms with Crippen molar-refractivity contribution in [2.24, 2.45) is 4.99 Å². The molecule has 1 amide bonds. The molecule has 0 saturated carbocycles. The third kappa shape index (κ3) is 2.03. The number of ether oxygens (including phenoxy) is 2. The highest BCUT2D eigenvalue weighted by Crippen LogP contribution is 2.37. The van der Waals surface area contributed by atoms with E-state index in [1.807, 2.05) is 18.2 Å². The molecule has 5 nitrogen and oxygen atoms in total. The van der Waals surface area contributed by atoms with Gasteiger partial charge in [0.05, 0.1) is 12.9 Å². The van der Waals surface area contributed by atoms with Crippen molar-refractivity contribution >= 4 is 22.8 Å². The van der Waals surface area contributed by atoms with Crippen molar-refractivity contribution in [1.82, 2.24) is 5.32 Å². The van der Waals surface area contributed by atoms with Crippen LogP contribution in [-0.2, 0) is 4.79 Å². The topological polar surface area (TPSA) is 59.9 Å². The van der Waals surface area contributed by atoms with Gasteiger partial charge in [-0.15, -0.1) is 0 Å². The molecule has 3 rings (SSSR count). The molecule has 1 atom stereocenters. The Labute approximate surface area is 109 Å². The van der Waals surface area contributed by atoms with Crippen LogP contribution in [0.5, 0.6) is 11.5 Å². The van der Waals surface area contributed by atoms with Crippen molar-refractivity contribution < 1.29 is 14.3 Å². The first-order valence-electron chi connectivity index (χ1n) is 5.57. The lowest BCUT2D eigenvalue weighted by atomic mass is 10.1. The zero-order valence-corrected chi connectivity index (χ0v) is 10.6. The van der Waals surface area contributed by atoms with Crippen molar-refractivity contribution in [3.05, 3.63) is 23.8 Å².